The van der Waals surface area contributed by atoms with Gasteiger partial charge in [0.15, 0.2) is 0 Å². The van der Waals surface area contributed by atoms with Gasteiger partial charge in [0.05, 0.1) is 10.6 Å². The number of nitrogens with one attached hydrogen (secondary N) is 1. The fourth-order valence-electron chi connectivity index (χ4n) is 5.91. The Bertz CT molecular complexity index is 1780. The highest BCUT2D eigenvalue weighted by Crippen LogP contribution is 2.28. The van der Waals surface area contributed by atoms with Crippen LogP contribution in [0.1, 0.15) is 48.8 Å². The molecule has 246 valence electrons. The van der Waals surface area contributed by atoms with Gasteiger partial charge >= 0.3 is 0 Å². The second-order valence-electron chi connectivity index (χ2n) is 11.9. The second kappa shape index (κ2) is 15.3. The van der Waals surface area contributed by atoms with Gasteiger partial charge < -0.3 is 10.2 Å². The lowest BCUT2D eigenvalue weighted by Crippen LogP contribution is -2.55. The lowest BCUT2D eigenvalue weighted by molar-refractivity contribution is -0.140. The van der Waals surface area contributed by atoms with E-state index in [1.54, 1.807) is 25.1 Å². The Morgan fingerprint density at radius 1 is 0.809 bits per heavy atom. The summed E-state index contributed by atoms with van der Waals surface area (Å²) in [6, 6.07) is 25.2. The van der Waals surface area contributed by atoms with Gasteiger partial charge in [0.2, 0.25) is 11.8 Å². The summed E-state index contributed by atoms with van der Waals surface area (Å²) < 4.78 is 59.3. The minimum absolute atomic E-state index is 0.0724. The molecule has 0 aromatic heterocycles. The molecular formula is C37H39F2N3O4S. The van der Waals surface area contributed by atoms with Crippen LogP contribution >= 0.6 is 0 Å². The molecule has 4 aromatic rings. The van der Waals surface area contributed by atoms with E-state index in [1.807, 2.05) is 30.3 Å². The van der Waals surface area contributed by atoms with Gasteiger partial charge in [-0.05, 0) is 55.7 Å². The molecule has 0 radical (unpaired) electrons. The smallest absolute Gasteiger partial charge is 0.264 e. The maximum atomic E-state index is 15.3. The normalized spacial score (nSPS) is 14.3. The number of halogens is 2. The topological polar surface area (TPSA) is 86.8 Å². The van der Waals surface area contributed by atoms with Crippen molar-refractivity contribution in [3.05, 3.63) is 131 Å². The molecule has 0 unspecified atom stereocenters. The summed E-state index contributed by atoms with van der Waals surface area (Å²) in [6.45, 7) is 0.671. The van der Waals surface area contributed by atoms with E-state index >= 15 is 8.78 Å². The summed E-state index contributed by atoms with van der Waals surface area (Å²) >= 11 is 0. The van der Waals surface area contributed by atoms with Gasteiger partial charge in [0.25, 0.3) is 10.0 Å². The first-order chi connectivity index (χ1) is 22.6. The Hall–Kier alpha value is -4.57. The van der Waals surface area contributed by atoms with Crippen molar-refractivity contribution in [2.45, 2.75) is 69.0 Å². The number of aryl methyl sites for hydroxylation is 1. The maximum absolute atomic E-state index is 15.3. The van der Waals surface area contributed by atoms with E-state index in [1.165, 1.54) is 53.4 Å². The number of carbonyl (C=O) groups excluding carboxylic acids is 2. The van der Waals surface area contributed by atoms with Crippen LogP contribution in [-0.4, -0.2) is 43.8 Å². The van der Waals surface area contributed by atoms with Crippen molar-refractivity contribution < 1.29 is 26.8 Å². The monoisotopic (exact) mass is 659 g/mol. The summed E-state index contributed by atoms with van der Waals surface area (Å²) in [7, 11) is -4.46. The SMILES string of the molecule is Cc1ccc(S(=O)(=O)N(CC(=O)N(Cc2ccccc2F)[C@@H](Cc2ccccc2)C(=O)NC2CCCCC2)c2ccccc2F)cc1. The predicted octanol–water partition coefficient (Wildman–Crippen LogP) is 6.56. The fourth-order valence-corrected chi connectivity index (χ4v) is 7.34. The van der Waals surface area contributed by atoms with Crippen LogP contribution < -0.4 is 9.62 Å². The number of carbonyl (C=O) groups is 2. The lowest BCUT2D eigenvalue weighted by Gasteiger charge is -2.35. The Morgan fingerprint density at radius 3 is 2.09 bits per heavy atom. The second-order valence-corrected chi connectivity index (χ2v) is 13.8. The van der Waals surface area contributed by atoms with Crippen LogP contribution in [0.15, 0.2) is 108 Å². The molecule has 1 atom stereocenters. The van der Waals surface area contributed by atoms with E-state index < -0.39 is 46.1 Å². The zero-order valence-electron chi connectivity index (χ0n) is 26.3. The largest absolute Gasteiger partial charge is 0.352 e. The number of hydrogen-bond acceptors (Lipinski definition) is 4. The molecule has 4 aromatic carbocycles. The number of nitrogens with zero attached hydrogens (tertiary/aromatic N) is 2. The number of rotatable bonds is 12. The highest BCUT2D eigenvalue weighted by atomic mass is 32.2. The summed E-state index contributed by atoms with van der Waals surface area (Å²) in [4.78, 5) is 29.7. The third kappa shape index (κ3) is 8.43. The van der Waals surface area contributed by atoms with E-state index in [0.29, 0.717) is 0 Å². The van der Waals surface area contributed by atoms with E-state index in [0.717, 1.165) is 53.6 Å². The van der Waals surface area contributed by atoms with Gasteiger partial charge in [0.1, 0.15) is 24.2 Å². The van der Waals surface area contributed by atoms with Crippen LogP contribution in [-0.2, 0) is 32.6 Å². The minimum Gasteiger partial charge on any atom is -0.352 e. The first-order valence-corrected chi connectivity index (χ1v) is 17.3. The predicted molar refractivity (Wildman–Crippen MR) is 178 cm³/mol. The molecule has 1 saturated carbocycles. The van der Waals surface area contributed by atoms with Gasteiger partial charge in [-0.15, -0.1) is 0 Å². The molecule has 0 aliphatic heterocycles. The first-order valence-electron chi connectivity index (χ1n) is 15.8. The summed E-state index contributed by atoms with van der Waals surface area (Å²) in [5.74, 6) is -2.61. The highest BCUT2D eigenvalue weighted by molar-refractivity contribution is 7.92. The molecule has 2 amide bonds. The summed E-state index contributed by atoms with van der Waals surface area (Å²) in [5.41, 5.74) is 1.42. The van der Waals surface area contributed by atoms with Crippen molar-refractivity contribution >= 4 is 27.5 Å². The van der Waals surface area contributed by atoms with Crippen molar-refractivity contribution in [2.75, 3.05) is 10.8 Å². The third-order valence-electron chi connectivity index (χ3n) is 8.53. The van der Waals surface area contributed by atoms with E-state index in [4.69, 9.17) is 0 Å². The molecule has 0 heterocycles. The quantitative estimate of drug-likeness (QED) is 0.187. The standard InChI is InChI=1S/C37H39F2N3O4S/c1-27-20-22-31(23-21-27)47(45,46)42(34-19-11-10-18-33(34)39)26-36(43)41(25-29-14-8-9-17-32(29)38)35(24-28-12-4-2-5-13-28)37(44)40-30-15-6-3-7-16-30/h2,4-5,8-14,17-23,30,35H,3,6-7,15-16,24-26H2,1H3,(H,40,44)/t35-/m0/s1. The average Bonchev–Trinajstić information content (AvgIpc) is 3.07. The summed E-state index contributed by atoms with van der Waals surface area (Å²) in [5, 5.41) is 3.11. The molecule has 7 nitrogen and oxygen atoms in total. The van der Waals surface area contributed by atoms with Crippen LogP contribution in [0.3, 0.4) is 0 Å². The minimum atomic E-state index is -4.46. The van der Waals surface area contributed by atoms with Gasteiger partial charge in [-0.25, -0.2) is 17.2 Å². The van der Waals surface area contributed by atoms with Crippen molar-refractivity contribution in [1.29, 1.82) is 0 Å². The number of para-hydroxylation sites is 1. The van der Waals surface area contributed by atoms with E-state index in [-0.39, 0.29) is 35.2 Å². The first kappa shape index (κ1) is 33.8. The van der Waals surface area contributed by atoms with E-state index in [2.05, 4.69) is 5.32 Å². The zero-order chi connectivity index (χ0) is 33.4. The Morgan fingerprint density at radius 2 is 1.43 bits per heavy atom. The van der Waals surface area contributed by atoms with Crippen molar-refractivity contribution in [3.63, 3.8) is 0 Å². The van der Waals surface area contributed by atoms with Gasteiger partial charge in [-0.2, -0.15) is 0 Å². The van der Waals surface area contributed by atoms with Crippen molar-refractivity contribution in [1.82, 2.24) is 10.2 Å². The molecule has 1 N–H and O–H groups in total. The number of sulfonamides is 1. The number of benzene rings is 4. The number of anilines is 1. The van der Waals surface area contributed by atoms with Gasteiger partial charge in [-0.3, -0.25) is 13.9 Å². The van der Waals surface area contributed by atoms with Gasteiger partial charge in [-0.1, -0.05) is 97.6 Å². The zero-order valence-corrected chi connectivity index (χ0v) is 27.1. The molecule has 0 spiro atoms. The molecule has 5 rings (SSSR count). The molecule has 0 bridgehead atoms. The van der Waals surface area contributed by atoms with Crippen LogP contribution in [0.5, 0.6) is 0 Å². The Kier molecular flexibility index (Phi) is 11.0. The van der Waals surface area contributed by atoms with Crippen LogP contribution in [0, 0.1) is 18.6 Å². The van der Waals surface area contributed by atoms with Crippen LogP contribution in [0.4, 0.5) is 14.5 Å². The maximum Gasteiger partial charge on any atom is 0.264 e. The third-order valence-corrected chi connectivity index (χ3v) is 10.3. The number of hydrogen-bond donors (Lipinski definition) is 1. The molecule has 1 aliphatic rings. The van der Waals surface area contributed by atoms with E-state index in [9.17, 15) is 18.0 Å². The molecule has 1 aliphatic carbocycles. The molecule has 10 heteroatoms. The lowest BCUT2D eigenvalue weighted by atomic mass is 9.94. The van der Waals surface area contributed by atoms with Crippen molar-refractivity contribution in [3.8, 4) is 0 Å². The van der Waals surface area contributed by atoms with Crippen LogP contribution in [0.25, 0.3) is 0 Å². The Balaban J connectivity index is 1.58. The van der Waals surface area contributed by atoms with Gasteiger partial charge in [0, 0.05) is 24.6 Å². The fraction of sp³-hybridized carbons (Fsp3) is 0.297. The number of amides is 2. The summed E-state index contributed by atoms with van der Waals surface area (Å²) in [6.07, 6.45) is 4.74. The molecular weight excluding hydrogens is 620 g/mol. The molecule has 0 saturated heterocycles. The van der Waals surface area contributed by atoms with Crippen LogP contribution in [0.2, 0.25) is 0 Å². The Labute approximate surface area is 275 Å². The molecule has 47 heavy (non-hydrogen) atoms. The van der Waals surface area contributed by atoms with Crippen molar-refractivity contribution in [2.24, 2.45) is 0 Å². The average molecular weight is 660 g/mol. The molecule has 1 fully saturated rings. The highest BCUT2D eigenvalue weighted by Gasteiger charge is 2.36.